The van der Waals surface area contributed by atoms with E-state index >= 15 is 0 Å². The molecule has 0 spiro atoms. The van der Waals surface area contributed by atoms with Crippen LogP contribution in [-0.2, 0) is 0 Å². The fourth-order valence-electron chi connectivity index (χ4n) is 1.65. The van der Waals surface area contributed by atoms with Gasteiger partial charge in [0.15, 0.2) is 0 Å². The molecule has 2 unspecified atom stereocenters. The highest BCUT2D eigenvalue weighted by molar-refractivity contribution is 9.09. The summed E-state index contributed by atoms with van der Waals surface area (Å²) in [7, 11) is 0. The minimum absolute atomic E-state index is 0.706. The van der Waals surface area contributed by atoms with Gasteiger partial charge in [0.1, 0.15) is 0 Å². The summed E-state index contributed by atoms with van der Waals surface area (Å²) in [6.45, 7) is 8.09. The Morgan fingerprint density at radius 2 is 2.10 bits per heavy atom. The van der Waals surface area contributed by atoms with Crippen LogP contribution in [0.25, 0.3) is 0 Å². The molecule has 0 aromatic heterocycles. The van der Waals surface area contributed by atoms with Crippen LogP contribution in [0, 0.1) is 0 Å². The van der Waals surface area contributed by atoms with Crippen molar-refractivity contribution >= 4 is 15.9 Å². The molecular weight excluding hydrogens is 190 g/mol. The second kappa shape index (κ2) is 3.22. The molecule has 0 aromatic rings. The molecular formula is C8H16BrN. The SMILES string of the molecule is CC(C)N1CCC(Br)C1C. The predicted molar refractivity (Wildman–Crippen MR) is 48.6 cm³/mol. The molecule has 60 valence electrons. The molecule has 1 fully saturated rings. The number of likely N-dealkylation sites (tertiary alicyclic amines) is 1. The fraction of sp³-hybridized carbons (Fsp3) is 1.00. The molecule has 0 amide bonds. The monoisotopic (exact) mass is 205 g/mol. The molecule has 0 saturated carbocycles. The van der Waals surface area contributed by atoms with E-state index in [0.29, 0.717) is 6.04 Å². The summed E-state index contributed by atoms with van der Waals surface area (Å²) in [6.07, 6.45) is 1.30. The van der Waals surface area contributed by atoms with Crippen molar-refractivity contribution in [2.45, 2.75) is 44.1 Å². The van der Waals surface area contributed by atoms with Gasteiger partial charge in [0.25, 0.3) is 0 Å². The molecule has 2 atom stereocenters. The first kappa shape index (κ1) is 8.54. The Labute approximate surface area is 71.9 Å². The summed E-state index contributed by atoms with van der Waals surface area (Å²) < 4.78 is 0. The molecule has 2 heteroatoms. The Kier molecular flexibility index (Phi) is 2.75. The molecule has 0 bridgehead atoms. The Bertz CT molecular complexity index is 114. The Morgan fingerprint density at radius 1 is 1.50 bits per heavy atom. The molecule has 1 saturated heterocycles. The standard InChI is InChI=1S/C8H16BrN/c1-6(2)10-5-4-8(9)7(10)3/h6-8H,4-5H2,1-3H3. The molecule has 0 aliphatic carbocycles. The van der Waals surface area contributed by atoms with E-state index in [1.807, 2.05) is 0 Å². The van der Waals surface area contributed by atoms with E-state index in [0.717, 1.165) is 10.9 Å². The molecule has 0 N–H and O–H groups in total. The summed E-state index contributed by atoms with van der Waals surface area (Å²) >= 11 is 3.67. The maximum atomic E-state index is 3.67. The number of hydrogen-bond acceptors (Lipinski definition) is 1. The number of alkyl halides is 1. The van der Waals surface area contributed by atoms with Crippen LogP contribution in [0.5, 0.6) is 0 Å². The van der Waals surface area contributed by atoms with Gasteiger partial charge in [0.05, 0.1) is 0 Å². The van der Waals surface area contributed by atoms with Gasteiger partial charge >= 0.3 is 0 Å². The van der Waals surface area contributed by atoms with Crippen LogP contribution in [0.2, 0.25) is 0 Å². The number of rotatable bonds is 1. The van der Waals surface area contributed by atoms with Gasteiger partial charge in [-0.3, -0.25) is 4.90 Å². The highest BCUT2D eigenvalue weighted by Crippen LogP contribution is 2.25. The van der Waals surface area contributed by atoms with Crippen LogP contribution >= 0.6 is 15.9 Å². The molecule has 1 heterocycles. The van der Waals surface area contributed by atoms with Crippen molar-refractivity contribution in [1.82, 2.24) is 4.90 Å². The van der Waals surface area contributed by atoms with Crippen LogP contribution in [-0.4, -0.2) is 28.4 Å². The van der Waals surface area contributed by atoms with E-state index < -0.39 is 0 Å². The van der Waals surface area contributed by atoms with Crippen molar-refractivity contribution in [3.8, 4) is 0 Å². The fourth-order valence-corrected chi connectivity index (χ4v) is 2.16. The van der Waals surface area contributed by atoms with E-state index in [4.69, 9.17) is 0 Å². The zero-order valence-corrected chi connectivity index (χ0v) is 8.56. The van der Waals surface area contributed by atoms with Crippen molar-refractivity contribution in [2.24, 2.45) is 0 Å². The lowest BCUT2D eigenvalue weighted by atomic mass is 10.2. The summed E-state index contributed by atoms with van der Waals surface area (Å²) in [5.74, 6) is 0. The molecule has 1 rings (SSSR count). The Morgan fingerprint density at radius 3 is 2.30 bits per heavy atom. The molecule has 0 aromatic carbocycles. The lowest BCUT2D eigenvalue weighted by Crippen LogP contribution is -2.35. The lowest BCUT2D eigenvalue weighted by Gasteiger charge is -2.26. The van der Waals surface area contributed by atoms with Crippen molar-refractivity contribution in [2.75, 3.05) is 6.54 Å². The molecule has 1 nitrogen and oxygen atoms in total. The van der Waals surface area contributed by atoms with Gasteiger partial charge < -0.3 is 0 Å². The summed E-state index contributed by atoms with van der Waals surface area (Å²) in [5.41, 5.74) is 0. The second-order valence-corrected chi connectivity index (χ2v) is 4.55. The lowest BCUT2D eigenvalue weighted by molar-refractivity contribution is 0.218. The van der Waals surface area contributed by atoms with Gasteiger partial charge in [-0.1, -0.05) is 15.9 Å². The van der Waals surface area contributed by atoms with Gasteiger partial charge in [0, 0.05) is 16.9 Å². The van der Waals surface area contributed by atoms with Gasteiger partial charge in [-0.05, 0) is 33.7 Å². The number of hydrogen-bond donors (Lipinski definition) is 0. The number of halogens is 1. The maximum Gasteiger partial charge on any atom is 0.0311 e. The van der Waals surface area contributed by atoms with Crippen LogP contribution in [0.3, 0.4) is 0 Å². The van der Waals surface area contributed by atoms with Crippen molar-refractivity contribution < 1.29 is 0 Å². The second-order valence-electron chi connectivity index (χ2n) is 3.38. The first-order valence-corrected chi connectivity index (χ1v) is 4.94. The largest absolute Gasteiger partial charge is 0.297 e. The quantitative estimate of drug-likeness (QED) is 0.595. The topological polar surface area (TPSA) is 3.24 Å². The zero-order chi connectivity index (χ0) is 7.72. The Balaban J connectivity index is 2.49. The van der Waals surface area contributed by atoms with Gasteiger partial charge in [-0.15, -0.1) is 0 Å². The maximum absolute atomic E-state index is 3.67. The average molecular weight is 206 g/mol. The summed E-state index contributed by atoms with van der Waals surface area (Å²) in [5, 5.41) is 0. The van der Waals surface area contributed by atoms with Gasteiger partial charge in [-0.2, -0.15) is 0 Å². The van der Waals surface area contributed by atoms with Crippen molar-refractivity contribution in [3.05, 3.63) is 0 Å². The van der Waals surface area contributed by atoms with Crippen molar-refractivity contribution in [1.29, 1.82) is 0 Å². The van der Waals surface area contributed by atoms with E-state index in [1.165, 1.54) is 13.0 Å². The van der Waals surface area contributed by atoms with E-state index in [-0.39, 0.29) is 0 Å². The first-order chi connectivity index (χ1) is 4.63. The van der Waals surface area contributed by atoms with Gasteiger partial charge in [-0.25, -0.2) is 0 Å². The van der Waals surface area contributed by atoms with E-state index in [1.54, 1.807) is 0 Å². The summed E-state index contributed by atoms with van der Waals surface area (Å²) in [4.78, 5) is 3.26. The molecule has 10 heavy (non-hydrogen) atoms. The average Bonchev–Trinajstić information content (AvgIpc) is 2.14. The van der Waals surface area contributed by atoms with Crippen LogP contribution in [0.1, 0.15) is 27.2 Å². The minimum atomic E-state index is 0.706. The molecule has 0 radical (unpaired) electrons. The van der Waals surface area contributed by atoms with Crippen LogP contribution in [0.4, 0.5) is 0 Å². The van der Waals surface area contributed by atoms with Crippen molar-refractivity contribution in [3.63, 3.8) is 0 Å². The third-order valence-corrected chi connectivity index (χ3v) is 3.60. The third kappa shape index (κ3) is 1.54. The van der Waals surface area contributed by atoms with Gasteiger partial charge in [0.2, 0.25) is 0 Å². The third-order valence-electron chi connectivity index (χ3n) is 2.37. The molecule has 1 aliphatic rings. The highest BCUT2D eigenvalue weighted by atomic mass is 79.9. The highest BCUT2D eigenvalue weighted by Gasteiger charge is 2.29. The normalized spacial score (nSPS) is 35.7. The molecule has 1 aliphatic heterocycles. The Hall–Kier alpha value is 0.440. The number of nitrogens with zero attached hydrogens (tertiary/aromatic N) is 1. The minimum Gasteiger partial charge on any atom is -0.297 e. The summed E-state index contributed by atoms with van der Waals surface area (Å²) in [6, 6.07) is 1.43. The predicted octanol–water partition coefficient (Wildman–Crippen LogP) is 2.25. The zero-order valence-electron chi connectivity index (χ0n) is 6.97. The van der Waals surface area contributed by atoms with E-state index in [9.17, 15) is 0 Å². The smallest absolute Gasteiger partial charge is 0.0311 e. The van der Waals surface area contributed by atoms with E-state index in [2.05, 4.69) is 41.6 Å². The van der Waals surface area contributed by atoms with Crippen LogP contribution in [0.15, 0.2) is 0 Å². The first-order valence-electron chi connectivity index (χ1n) is 4.02. The van der Waals surface area contributed by atoms with Crippen LogP contribution < -0.4 is 0 Å².